The average molecular weight is 252 g/mol. The van der Waals surface area contributed by atoms with Gasteiger partial charge in [0.1, 0.15) is 5.82 Å². The fourth-order valence-corrected chi connectivity index (χ4v) is 1.38. The van der Waals surface area contributed by atoms with Gasteiger partial charge in [-0.3, -0.25) is 5.21 Å². The highest BCUT2D eigenvalue weighted by Gasteiger charge is 2.08. The van der Waals surface area contributed by atoms with E-state index in [1.165, 1.54) is 12.3 Å². The van der Waals surface area contributed by atoms with Crippen molar-refractivity contribution >= 4 is 17.2 Å². The molecule has 1 aromatic carbocycles. The second kappa shape index (κ2) is 4.94. The molecule has 0 fully saturated rings. The Bertz CT molecular complexity index is 564. The summed E-state index contributed by atoms with van der Waals surface area (Å²) in [6.45, 7) is 0. The number of rotatable bonds is 3. The number of nitrogens with one attached hydrogen (secondary N) is 1. The molecule has 7 heteroatoms. The topological polar surface area (TPSA) is 71.5 Å². The van der Waals surface area contributed by atoms with Crippen LogP contribution in [0.1, 0.15) is 0 Å². The van der Waals surface area contributed by atoms with E-state index in [0.717, 1.165) is 24.3 Å². The molecule has 1 heterocycles. The predicted molar refractivity (Wildman–Crippen MR) is 61.5 cm³/mol. The Morgan fingerprint density at radius 2 is 2.06 bits per heavy atom. The van der Waals surface area contributed by atoms with Gasteiger partial charge >= 0.3 is 0 Å². The molecule has 0 atom stereocenters. The third-order valence-corrected chi connectivity index (χ3v) is 2.18. The molecule has 0 saturated carbocycles. The predicted octanol–water partition coefficient (Wildman–Crippen LogP) is 2.80. The van der Waals surface area contributed by atoms with Crippen LogP contribution in [0.25, 0.3) is 0 Å². The minimum Gasteiger partial charge on any atom is -0.733 e. The van der Waals surface area contributed by atoms with E-state index in [2.05, 4.69) is 10.3 Å². The third-order valence-electron chi connectivity index (χ3n) is 2.18. The van der Waals surface area contributed by atoms with Gasteiger partial charge in [-0.1, -0.05) is 0 Å². The van der Waals surface area contributed by atoms with Crippen LogP contribution < -0.4 is 10.5 Å². The molecule has 0 spiro atoms. The van der Waals surface area contributed by atoms with Gasteiger partial charge < -0.3 is 15.8 Å². The zero-order valence-corrected chi connectivity index (χ0v) is 8.97. The van der Waals surface area contributed by atoms with Crippen LogP contribution in [0.4, 0.5) is 26.0 Å². The summed E-state index contributed by atoms with van der Waals surface area (Å²) in [7, 11) is 0. The third kappa shape index (κ3) is 2.53. The van der Waals surface area contributed by atoms with E-state index in [4.69, 9.17) is 5.21 Å². The summed E-state index contributed by atoms with van der Waals surface area (Å²) in [6.07, 6.45) is 1.33. The Morgan fingerprint density at radius 3 is 2.72 bits per heavy atom. The van der Waals surface area contributed by atoms with Crippen molar-refractivity contribution in [3.05, 3.63) is 53.4 Å². The Hall–Kier alpha value is -2.25. The van der Waals surface area contributed by atoms with Crippen molar-refractivity contribution < 1.29 is 14.0 Å². The molecule has 5 nitrogen and oxygen atoms in total. The summed E-state index contributed by atoms with van der Waals surface area (Å²) >= 11 is 0. The van der Waals surface area contributed by atoms with Crippen LogP contribution in [-0.2, 0) is 0 Å². The van der Waals surface area contributed by atoms with Crippen LogP contribution >= 0.6 is 0 Å². The lowest BCUT2D eigenvalue weighted by molar-refractivity contribution is 0.297. The number of benzene rings is 1. The Balaban J connectivity index is 2.39. The summed E-state index contributed by atoms with van der Waals surface area (Å²) in [6, 6.07) is 5.55. The van der Waals surface area contributed by atoms with Crippen molar-refractivity contribution in [3.63, 3.8) is 0 Å². The van der Waals surface area contributed by atoms with Crippen LogP contribution in [0, 0.1) is 16.8 Å². The lowest BCUT2D eigenvalue weighted by Gasteiger charge is -2.24. The summed E-state index contributed by atoms with van der Waals surface area (Å²) in [5.74, 6) is -1.48. The maximum atomic E-state index is 13.3. The Kier molecular flexibility index (Phi) is 3.35. The first-order chi connectivity index (χ1) is 8.58. The minimum absolute atomic E-state index is 0.0925. The van der Waals surface area contributed by atoms with Gasteiger partial charge in [-0.15, -0.1) is 0 Å². The summed E-state index contributed by atoms with van der Waals surface area (Å²) in [4.78, 5) is 3.69. The number of pyridine rings is 1. The standard InChI is InChI=1S/C11H8F2N3O2/c12-7-3-4-10(16(17)18)9(6-7)15-11-8(13)2-1-5-14-11/h1-6,17H,(H,14,15)/q-1. The molecular weight excluding hydrogens is 244 g/mol. The molecule has 0 aliphatic heterocycles. The maximum absolute atomic E-state index is 13.3. The van der Waals surface area contributed by atoms with Gasteiger partial charge in [-0.25, -0.2) is 13.8 Å². The van der Waals surface area contributed by atoms with Gasteiger partial charge in [0.05, 0.1) is 11.4 Å². The largest absolute Gasteiger partial charge is 0.733 e. The van der Waals surface area contributed by atoms with E-state index in [0.29, 0.717) is 0 Å². The van der Waals surface area contributed by atoms with Gasteiger partial charge in [0.2, 0.25) is 0 Å². The molecule has 0 saturated heterocycles. The first-order valence-corrected chi connectivity index (χ1v) is 4.91. The summed E-state index contributed by atoms with van der Waals surface area (Å²) in [5, 5.41) is 21.7. The van der Waals surface area contributed by atoms with E-state index in [1.807, 2.05) is 0 Å². The lowest BCUT2D eigenvalue weighted by Crippen LogP contribution is -2.10. The highest BCUT2D eigenvalue weighted by atomic mass is 19.1. The Labute approximate surface area is 101 Å². The van der Waals surface area contributed by atoms with Crippen molar-refractivity contribution in [3.8, 4) is 0 Å². The number of hydrogen-bond donors (Lipinski definition) is 2. The van der Waals surface area contributed by atoms with E-state index < -0.39 is 16.9 Å². The van der Waals surface area contributed by atoms with Crippen LogP contribution in [0.2, 0.25) is 0 Å². The normalized spacial score (nSPS) is 10.2. The van der Waals surface area contributed by atoms with Gasteiger partial charge in [0.25, 0.3) is 0 Å². The van der Waals surface area contributed by atoms with E-state index in [-0.39, 0.29) is 17.2 Å². The zero-order chi connectivity index (χ0) is 13.1. The lowest BCUT2D eigenvalue weighted by atomic mass is 10.2. The fourth-order valence-electron chi connectivity index (χ4n) is 1.38. The summed E-state index contributed by atoms with van der Waals surface area (Å²) < 4.78 is 26.4. The van der Waals surface area contributed by atoms with E-state index in [9.17, 15) is 14.0 Å². The highest BCUT2D eigenvalue weighted by Crippen LogP contribution is 2.28. The maximum Gasteiger partial charge on any atom is 0.166 e. The second-order valence-electron chi connectivity index (χ2n) is 3.39. The molecule has 2 aromatic rings. The average Bonchev–Trinajstić information content (AvgIpc) is 2.32. The van der Waals surface area contributed by atoms with Crippen molar-refractivity contribution in [2.24, 2.45) is 0 Å². The zero-order valence-electron chi connectivity index (χ0n) is 8.97. The molecule has 0 aliphatic rings. The molecule has 18 heavy (non-hydrogen) atoms. The van der Waals surface area contributed by atoms with Gasteiger partial charge in [-0.05, 0) is 30.3 Å². The molecule has 2 N–H and O–H groups in total. The second-order valence-corrected chi connectivity index (χ2v) is 3.39. The van der Waals surface area contributed by atoms with Crippen molar-refractivity contribution in [1.29, 1.82) is 0 Å². The minimum atomic E-state index is -0.664. The van der Waals surface area contributed by atoms with Crippen LogP contribution in [0.15, 0.2) is 36.5 Å². The quantitative estimate of drug-likeness (QED) is 0.822. The smallest absolute Gasteiger partial charge is 0.166 e. The highest BCUT2D eigenvalue weighted by molar-refractivity contribution is 5.73. The number of anilines is 3. The number of aromatic nitrogens is 1. The molecule has 0 radical (unpaired) electrons. The SMILES string of the molecule is [O-]N(O)c1ccc(F)cc1Nc1ncccc1F. The summed E-state index contributed by atoms with van der Waals surface area (Å²) in [5.41, 5.74) is -0.341. The van der Waals surface area contributed by atoms with Crippen molar-refractivity contribution in [2.45, 2.75) is 0 Å². The first kappa shape index (κ1) is 12.2. The Morgan fingerprint density at radius 1 is 1.28 bits per heavy atom. The van der Waals surface area contributed by atoms with Gasteiger partial charge in [-0.2, -0.15) is 0 Å². The molecule has 2 rings (SSSR count). The molecule has 0 amide bonds. The molecule has 0 aliphatic carbocycles. The monoisotopic (exact) mass is 252 g/mol. The molecular formula is C11H8F2N3O2-. The first-order valence-electron chi connectivity index (χ1n) is 4.91. The van der Waals surface area contributed by atoms with E-state index in [1.54, 1.807) is 0 Å². The van der Waals surface area contributed by atoms with Crippen LogP contribution in [-0.4, -0.2) is 10.2 Å². The molecule has 0 unspecified atom stereocenters. The van der Waals surface area contributed by atoms with E-state index >= 15 is 0 Å². The van der Waals surface area contributed by atoms with Gasteiger partial charge in [0, 0.05) is 6.20 Å². The number of nitrogens with zero attached hydrogens (tertiary/aromatic N) is 2. The van der Waals surface area contributed by atoms with Gasteiger partial charge in [0.15, 0.2) is 11.6 Å². The molecule has 1 aromatic heterocycles. The van der Waals surface area contributed by atoms with Crippen LogP contribution in [0.5, 0.6) is 0 Å². The van der Waals surface area contributed by atoms with Crippen molar-refractivity contribution in [1.82, 2.24) is 4.98 Å². The van der Waals surface area contributed by atoms with Crippen LogP contribution in [0.3, 0.4) is 0 Å². The number of hydrogen-bond acceptors (Lipinski definition) is 5. The molecule has 0 bridgehead atoms. The molecule has 94 valence electrons. The fraction of sp³-hybridized carbons (Fsp3) is 0. The number of halogens is 2. The van der Waals surface area contributed by atoms with Crippen molar-refractivity contribution in [2.75, 3.05) is 10.5 Å².